The molecular weight excluding hydrogens is 352 g/mol. The van der Waals surface area contributed by atoms with E-state index in [1.54, 1.807) is 0 Å². The first-order valence-electron chi connectivity index (χ1n) is 13.3. The average molecular weight is 401 g/mol. The normalized spacial score (nSPS) is 47.9. The van der Waals surface area contributed by atoms with Crippen LogP contribution in [0, 0.1) is 58.2 Å². The molecule has 0 heterocycles. The van der Waals surface area contributed by atoms with E-state index < -0.39 is 0 Å². The first-order chi connectivity index (χ1) is 13.8. The van der Waals surface area contributed by atoms with Gasteiger partial charge in [-0.1, -0.05) is 66.7 Å². The van der Waals surface area contributed by atoms with E-state index in [0.717, 1.165) is 35.5 Å². The molecule has 0 N–H and O–H groups in total. The third kappa shape index (κ3) is 3.65. The van der Waals surface area contributed by atoms with Crippen LogP contribution in [-0.4, -0.2) is 6.29 Å². The van der Waals surface area contributed by atoms with E-state index in [-0.39, 0.29) is 0 Å². The zero-order chi connectivity index (χ0) is 20.8. The molecular formula is C28H48O. The number of fused-ring (bicyclic) bond motifs is 5. The van der Waals surface area contributed by atoms with Crippen molar-refractivity contribution in [1.82, 2.24) is 0 Å². The summed E-state index contributed by atoms with van der Waals surface area (Å²) in [5.41, 5.74) is 0.999. The molecule has 0 amide bonds. The van der Waals surface area contributed by atoms with Gasteiger partial charge in [0.25, 0.3) is 0 Å². The maximum atomic E-state index is 12.1. The predicted molar refractivity (Wildman–Crippen MR) is 123 cm³/mol. The highest BCUT2D eigenvalue weighted by Crippen LogP contribution is 2.69. The van der Waals surface area contributed by atoms with Crippen molar-refractivity contribution in [3.05, 3.63) is 0 Å². The van der Waals surface area contributed by atoms with Crippen molar-refractivity contribution >= 4 is 6.29 Å². The zero-order valence-corrected chi connectivity index (χ0v) is 20.1. The van der Waals surface area contributed by atoms with Gasteiger partial charge >= 0.3 is 0 Å². The Hall–Kier alpha value is -0.330. The van der Waals surface area contributed by atoms with E-state index in [1.807, 2.05) is 0 Å². The van der Waals surface area contributed by atoms with Crippen molar-refractivity contribution in [2.45, 2.75) is 112 Å². The lowest BCUT2D eigenvalue weighted by molar-refractivity contribution is -0.147. The first kappa shape index (κ1) is 21.9. The molecule has 4 rings (SSSR count). The Morgan fingerprint density at radius 1 is 0.862 bits per heavy atom. The summed E-state index contributed by atoms with van der Waals surface area (Å²) in [5, 5.41) is 0. The summed E-state index contributed by atoms with van der Waals surface area (Å²) in [6.07, 6.45) is 18.1. The topological polar surface area (TPSA) is 17.1 Å². The second kappa shape index (κ2) is 8.31. The summed E-state index contributed by atoms with van der Waals surface area (Å²) < 4.78 is 0. The SMILES string of the molecule is CC(C)CCC[C@@H](C)[C@H]1CC[C@H]2[C@@H]3C[C@@H](C=O)C4CCCC[C@]4(C)[C@H]3CC[C@]12C. The van der Waals surface area contributed by atoms with Gasteiger partial charge in [0, 0.05) is 5.92 Å². The summed E-state index contributed by atoms with van der Waals surface area (Å²) in [5.74, 6) is 6.30. The molecule has 4 fully saturated rings. The van der Waals surface area contributed by atoms with Gasteiger partial charge in [0.2, 0.25) is 0 Å². The molecule has 0 aromatic rings. The summed E-state index contributed by atoms with van der Waals surface area (Å²) in [7, 11) is 0. The van der Waals surface area contributed by atoms with Crippen molar-refractivity contribution in [3.63, 3.8) is 0 Å². The van der Waals surface area contributed by atoms with Gasteiger partial charge in [0.15, 0.2) is 0 Å². The molecule has 1 heteroatoms. The van der Waals surface area contributed by atoms with Gasteiger partial charge in [-0.3, -0.25) is 0 Å². The molecule has 4 aliphatic rings. The van der Waals surface area contributed by atoms with Crippen LogP contribution in [0.15, 0.2) is 0 Å². The maximum absolute atomic E-state index is 12.1. The lowest BCUT2D eigenvalue weighted by Crippen LogP contribution is -2.55. The lowest BCUT2D eigenvalue weighted by atomic mass is 9.42. The van der Waals surface area contributed by atoms with Crippen LogP contribution in [0.3, 0.4) is 0 Å². The summed E-state index contributed by atoms with van der Waals surface area (Å²) in [6.45, 7) is 12.6. The maximum Gasteiger partial charge on any atom is 0.123 e. The summed E-state index contributed by atoms with van der Waals surface area (Å²) in [4.78, 5) is 12.1. The average Bonchev–Trinajstić information content (AvgIpc) is 3.04. The van der Waals surface area contributed by atoms with Gasteiger partial charge in [-0.2, -0.15) is 0 Å². The minimum absolute atomic E-state index is 0.353. The molecule has 1 unspecified atom stereocenters. The Labute approximate surface area is 181 Å². The second-order valence-electron chi connectivity index (χ2n) is 12.8. The van der Waals surface area contributed by atoms with Crippen LogP contribution in [0.25, 0.3) is 0 Å². The van der Waals surface area contributed by atoms with Gasteiger partial charge in [-0.25, -0.2) is 0 Å². The van der Waals surface area contributed by atoms with Gasteiger partial charge in [-0.15, -0.1) is 0 Å². The smallest absolute Gasteiger partial charge is 0.123 e. The number of hydrogen-bond acceptors (Lipinski definition) is 1. The fourth-order valence-corrected chi connectivity index (χ4v) is 9.64. The number of aldehydes is 1. The quantitative estimate of drug-likeness (QED) is 0.414. The molecule has 0 bridgehead atoms. The van der Waals surface area contributed by atoms with Gasteiger partial charge in [-0.05, 0) is 97.2 Å². The fraction of sp³-hybridized carbons (Fsp3) is 0.964. The summed E-state index contributed by atoms with van der Waals surface area (Å²) >= 11 is 0. The van der Waals surface area contributed by atoms with E-state index in [4.69, 9.17) is 0 Å². The van der Waals surface area contributed by atoms with Crippen LogP contribution in [0.2, 0.25) is 0 Å². The van der Waals surface area contributed by atoms with Crippen molar-refractivity contribution in [2.24, 2.45) is 58.2 Å². The number of carbonyl (C=O) groups is 1. The Kier molecular flexibility index (Phi) is 6.27. The van der Waals surface area contributed by atoms with Gasteiger partial charge in [0.1, 0.15) is 6.29 Å². The van der Waals surface area contributed by atoms with E-state index in [2.05, 4.69) is 34.6 Å². The second-order valence-corrected chi connectivity index (χ2v) is 12.8. The molecule has 4 aliphatic carbocycles. The van der Waals surface area contributed by atoms with Crippen LogP contribution in [-0.2, 0) is 4.79 Å². The van der Waals surface area contributed by atoms with Crippen LogP contribution in [0.1, 0.15) is 112 Å². The molecule has 0 aliphatic heterocycles. The minimum atomic E-state index is 0.353. The van der Waals surface area contributed by atoms with E-state index in [1.165, 1.54) is 83.3 Å². The number of carbonyl (C=O) groups excluding carboxylic acids is 1. The van der Waals surface area contributed by atoms with Gasteiger partial charge < -0.3 is 4.79 Å². The van der Waals surface area contributed by atoms with Crippen molar-refractivity contribution < 1.29 is 4.79 Å². The fourth-order valence-electron chi connectivity index (χ4n) is 9.64. The van der Waals surface area contributed by atoms with Crippen LogP contribution in [0.5, 0.6) is 0 Å². The molecule has 0 saturated heterocycles. The van der Waals surface area contributed by atoms with Crippen molar-refractivity contribution in [3.8, 4) is 0 Å². The van der Waals surface area contributed by atoms with Crippen molar-refractivity contribution in [1.29, 1.82) is 0 Å². The Morgan fingerprint density at radius 3 is 2.34 bits per heavy atom. The monoisotopic (exact) mass is 400 g/mol. The molecule has 0 aromatic carbocycles. The highest BCUT2D eigenvalue weighted by atomic mass is 16.1. The van der Waals surface area contributed by atoms with Crippen molar-refractivity contribution in [2.75, 3.05) is 0 Å². The van der Waals surface area contributed by atoms with Crippen LogP contribution < -0.4 is 0 Å². The molecule has 0 aromatic heterocycles. The largest absolute Gasteiger partial charge is 0.303 e. The molecule has 9 atom stereocenters. The van der Waals surface area contributed by atoms with E-state index in [0.29, 0.717) is 22.7 Å². The van der Waals surface area contributed by atoms with Crippen LogP contribution >= 0.6 is 0 Å². The number of rotatable bonds is 6. The molecule has 29 heavy (non-hydrogen) atoms. The standard InChI is InChI=1S/C28H48O/c1-19(2)9-8-10-20(3)23-12-13-25-22-17-21(18-29)24-11-6-7-15-27(24,4)26(22)14-16-28(23,25)5/h18-26H,6-17H2,1-5H3/t20-,21+,22+,23-,24?,25+,26+,27+,28-/m1/s1. The first-order valence-corrected chi connectivity index (χ1v) is 13.3. The Bertz CT molecular complexity index is 581. The predicted octanol–water partition coefficient (Wildman–Crippen LogP) is 7.92. The molecule has 0 spiro atoms. The Balaban J connectivity index is 1.52. The third-order valence-electron chi connectivity index (χ3n) is 11.0. The third-order valence-corrected chi connectivity index (χ3v) is 11.0. The van der Waals surface area contributed by atoms with E-state index in [9.17, 15) is 4.79 Å². The zero-order valence-electron chi connectivity index (χ0n) is 20.1. The molecule has 166 valence electrons. The highest BCUT2D eigenvalue weighted by molar-refractivity contribution is 5.55. The molecule has 0 radical (unpaired) electrons. The van der Waals surface area contributed by atoms with E-state index >= 15 is 0 Å². The molecule has 1 nitrogen and oxygen atoms in total. The molecule has 4 saturated carbocycles. The Morgan fingerprint density at radius 2 is 1.62 bits per heavy atom. The summed E-state index contributed by atoms with van der Waals surface area (Å²) in [6, 6.07) is 0. The van der Waals surface area contributed by atoms with Gasteiger partial charge in [0.05, 0.1) is 0 Å². The highest BCUT2D eigenvalue weighted by Gasteiger charge is 2.61. The number of hydrogen-bond donors (Lipinski definition) is 0. The van der Waals surface area contributed by atoms with Crippen LogP contribution in [0.4, 0.5) is 0 Å². The minimum Gasteiger partial charge on any atom is -0.303 e. The lowest BCUT2D eigenvalue weighted by Gasteiger charge is -2.62.